The molecule has 1 aliphatic rings. The van der Waals surface area contributed by atoms with Crippen molar-refractivity contribution in [2.45, 2.75) is 19.0 Å². The number of hydrogen-bond donors (Lipinski definition) is 2. The molecule has 228 valence electrons. The summed E-state index contributed by atoms with van der Waals surface area (Å²) in [6.45, 7) is 2.21. The second-order valence-electron chi connectivity index (χ2n) is 9.35. The summed E-state index contributed by atoms with van der Waals surface area (Å²) in [6.07, 6.45) is -4.76. The lowest BCUT2D eigenvalue weighted by molar-refractivity contribution is -0.192. The van der Waals surface area contributed by atoms with Gasteiger partial charge >= 0.3 is 17.8 Å². The molecule has 4 rings (SSSR count). The van der Waals surface area contributed by atoms with Gasteiger partial charge in [0, 0.05) is 45.6 Å². The number of rotatable bonds is 6. The monoisotopic (exact) mass is 637 g/mol. The van der Waals surface area contributed by atoms with Gasteiger partial charge in [0.05, 0.1) is 5.56 Å². The first-order valence-electron chi connectivity index (χ1n) is 12.2. The van der Waals surface area contributed by atoms with Gasteiger partial charge in [0.25, 0.3) is 5.91 Å². The van der Waals surface area contributed by atoms with E-state index in [9.17, 15) is 31.9 Å². The third-order valence-corrected chi connectivity index (χ3v) is 6.81. The molecule has 0 saturated carbocycles. The van der Waals surface area contributed by atoms with Gasteiger partial charge in [0.2, 0.25) is 5.91 Å². The molecule has 0 unspecified atom stereocenters. The Morgan fingerprint density at radius 1 is 1.14 bits per heavy atom. The Kier molecular flexibility index (Phi) is 10.5. The number of nitrogens with one attached hydrogen (secondary N) is 1. The van der Waals surface area contributed by atoms with Gasteiger partial charge in [0.1, 0.15) is 11.5 Å². The van der Waals surface area contributed by atoms with E-state index in [4.69, 9.17) is 33.1 Å². The van der Waals surface area contributed by atoms with Crippen molar-refractivity contribution in [3.63, 3.8) is 0 Å². The van der Waals surface area contributed by atoms with Crippen LogP contribution in [0.25, 0.3) is 5.65 Å². The lowest BCUT2D eigenvalue weighted by Gasteiger charge is -2.23. The number of benzene rings is 1. The third kappa shape index (κ3) is 7.95. The van der Waals surface area contributed by atoms with E-state index in [1.807, 2.05) is 19.0 Å². The number of alkyl halides is 3. The number of fused-ring (bicyclic) bond motifs is 1. The van der Waals surface area contributed by atoms with Crippen molar-refractivity contribution in [2.24, 2.45) is 0 Å². The molecule has 0 atom stereocenters. The molecule has 2 N–H and O–H groups in total. The van der Waals surface area contributed by atoms with Crippen molar-refractivity contribution in [3.05, 3.63) is 61.6 Å². The van der Waals surface area contributed by atoms with Gasteiger partial charge in [-0.05, 0) is 31.8 Å². The molecule has 1 aromatic carbocycles. The number of amides is 2. The molecule has 0 spiro atoms. The van der Waals surface area contributed by atoms with Gasteiger partial charge in [-0.15, -0.1) is 0 Å². The molecule has 0 bridgehead atoms. The minimum Gasteiger partial charge on any atom is -0.475 e. The number of halogens is 6. The fourth-order valence-corrected chi connectivity index (χ4v) is 4.29. The first-order chi connectivity index (χ1) is 19.6. The van der Waals surface area contributed by atoms with E-state index in [1.54, 1.807) is 4.90 Å². The molecule has 12 nitrogen and oxygen atoms in total. The second kappa shape index (κ2) is 13.5. The average Bonchev–Trinajstić information content (AvgIpc) is 3.09. The van der Waals surface area contributed by atoms with Gasteiger partial charge in [-0.3, -0.25) is 9.59 Å². The molecular formula is C24H25Cl2F4N7O5. The van der Waals surface area contributed by atoms with E-state index in [-0.39, 0.29) is 46.8 Å². The van der Waals surface area contributed by atoms with Gasteiger partial charge in [-0.2, -0.15) is 18.3 Å². The lowest BCUT2D eigenvalue weighted by atomic mass is 10.0. The summed E-state index contributed by atoms with van der Waals surface area (Å²) in [4.78, 5) is 55.9. The Balaban J connectivity index is 0.000000616. The topological polar surface area (TPSA) is 144 Å². The van der Waals surface area contributed by atoms with Crippen LogP contribution in [-0.2, 0) is 16.0 Å². The van der Waals surface area contributed by atoms with E-state index >= 15 is 0 Å². The Hall–Kier alpha value is -3.76. The number of aromatic nitrogens is 4. The smallest absolute Gasteiger partial charge is 0.475 e. The summed E-state index contributed by atoms with van der Waals surface area (Å²) in [5, 5.41) is 13.4. The summed E-state index contributed by atoms with van der Waals surface area (Å²) < 4.78 is 47.5. The Morgan fingerprint density at radius 2 is 1.81 bits per heavy atom. The molecule has 3 heterocycles. The Morgan fingerprint density at radius 3 is 2.43 bits per heavy atom. The van der Waals surface area contributed by atoms with Crippen LogP contribution in [-0.4, -0.2) is 110 Å². The zero-order chi connectivity index (χ0) is 31.4. The van der Waals surface area contributed by atoms with Crippen molar-refractivity contribution in [1.82, 2.24) is 34.3 Å². The maximum absolute atomic E-state index is 14.7. The second-order valence-corrected chi connectivity index (χ2v) is 10.1. The van der Waals surface area contributed by atoms with Crippen molar-refractivity contribution >= 4 is 46.6 Å². The summed E-state index contributed by atoms with van der Waals surface area (Å²) >= 11 is 12.0. The molecule has 0 aliphatic carbocycles. The number of carboxylic acid groups (broad SMARTS) is 1. The fourth-order valence-electron chi connectivity index (χ4n) is 3.92. The van der Waals surface area contributed by atoms with E-state index < -0.39 is 29.6 Å². The molecule has 1 saturated heterocycles. The maximum atomic E-state index is 14.7. The minimum atomic E-state index is -5.08. The molecule has 1 aliphatic heterocycles. The molecule has 1 fully saturated rings. The number of carboxylic acids is 1. The predicted molar refractivity (Wildman–Crippen MR) is 142 cm³/mol. The zero-order valence-corrected chi connectivity index (χ0v) is 23.7. The summed E-state index contributed by atoms with van der Waals surface area (Å²) in [6, 6.07) is 4.18. The van der Waals surface area contributed by atoms with E-state index in [2.05, 4.69) is 15.2 Å². The van der Waals surface area contributed by atoms with Crippen LogP contribution in [0.4, 0.5) is 17.6 Å². The number of nitrogens with zero attached hydrogens (tertiary/aromatic N) is 6. The molecule has 2 amide bonds. The Labute approximate surface area is 245 Å². The van der Waals surface area contributed by atoms with Crippen molar-refractivity contribution in [2.75, 3.05) is 46.8 Å². The highest BCUT2D eigenvalue weighted by Crippen LogP contribution is 2.24. The highest BCUT2D eigenvalue weighted by molar-refractivity contribution is 6.40. The van der Waals surface area contributed by atoms with Gasteiger partial charge in [-0.1, -0.05) is 29.3 Å². The van der Waals surface area contributed by atoms with Crippen molar-refractivity contribution < 1.29 is 37.1 Å². The van der Waals surface area contributed by atoms with Crippen LogP contribution >= 0.6 is 23.2 Å². The highest BCUT2D eigenvalue weighted by Gasteiger charge is 2.38. The van der Waals surface area contributed by atoms with Crippen LogP contribution in [0.3, 0.4) is 0 Å². The first-order valence-corrected chi connectivity index (χ1v) is 13.0. The number of H-pyrrole nitrogens is 1. The lowest BCUT2D eigenvalue weighted by Crippen LogP contribution is -2.39. The van der Waals surface area contributed by atoms with E-state index in [0.29, 0.717) is 30.9 Å². The molecule has 42 heavy (non-hydrogen) atoms. The van der Waals surface area contributed by atoms with Crippen LogP contribution in [0, 0.1) is 5.82 Å². The maximum Gasteiger partial charge on any atom is 0.490 e. The molecule has 2 aromatic heterocycles. The number of carbonyl (C=O) groups is 3. The average molecular weight is 638 g/mol. The van der Waals surface area contributed by atoms with Crippen LogP contribution in [0.5, 0.6) is 0 Å². The van der Waals surface area contributed by atoms with Crippen LogP contribution in [0.1, 0.15) is 28.0 Å². The highest BCUT2D eigenvalue weighted by atomic mass is 35.5. The van der Waals surface area contributed by atoms with Crippen LogP contribution < -0.4 is 5.69 Å². The number of hydrogen-bond acceptors (Lipinski definition) is 7. The summed E-state index contributed by atoms with van der Waals surface area (Å²) in [7, 11) is 3.86. The molecule has 18 heteroatoms. The molecule has 3 aromatic rings. The molecule has 0 radical (unpaired) electrons. The minimum absolute atomic E-state index is 0.0263. The largest absolute Gasteiger partial charge is 0.490 e. The number of carbonyl (C=O) groups excluding carboxylic acids is 2. The third-order valence-electron chi connectivity index (χ3n) is 6.10. The Bertz CT molecular complexity index is 1540. The van der Waals surface area contributed by atoms with Gasteiger partial charge in [0.15, 0.2) is 16.0 Å². The SMILES string of the molecule is CN(C)CCN1CCN(C(=O)c2cc(Cc3n[nH]c(=O)n4c(Cl)c(Cl)nc34)ccc2F)CCC1=O.O=C(O)C(F)(F)F. The van der Waals surface area contributed by atoms with E-state index in [1.165, 1.54) is 23.1 Å². The number of aliphatic carboxylic acids is 1. The van der Waals surface area contributed by atoms with Crippen LogP contribution in [0.2, 0.25) is 10.3 Å². The first kappa shape index (κ1) is 32.8. The van der Waals surface area contributed by atoms with Gasteiger partial charge < -0.3 is 19.8 Å². The standard InChI is InChI=1S/C22H24Cl2FN7O3.C2HF3O2/c1-29(2)7-8-30-9-10-31(6-5-17(30)33)21(34)14-11-13(3-4-15(14)25)12-16-20-26-18(23)19(24)32(20)22(35)28-27-16;3-2(4,5)1(6)7/h3-4,11H,5-10,12H2,1-2H3,(H,28,35);(H,6,7). The van der Waals surface area contributed by atoms with Gasteiger partial charge in [-0.25, -0.2) is 28.5 Å². The fraction of sp³-hybridized carbons (Fsp3) is 0.417. The van der Waals surface area contributed by atoms with Crippen molar-refractivity contribution in [1.29, 1.82) is 0 Å². The summed E-state index contributed by atoms with van der Waals surface area (Å²) in [5.41, 5.74) is 0.394. The molecular weight excluding hydrogens is 613 g/mol. The number of aromatic amines is 1. The predicted octanol–water partition coefficient (Wildman–Crippen LogP) is 2.32. The normalized spacial score (nSPS) is 14.2. The van der Waals surface area contributed by atoms with Crippen LogP contribution in [0.15, 0.2) is 23.0 Å². The van der Waals surface area contributed by atoms with Crippen molar-refractivity contribution in [3.8, 4) is 0 Å². The quantitative estimate of drug-likeness (QED) is 0.392. The van der Waals surface area contributed by atoms with E-state index in [0.717, 1.165) is 10.9 Å². The zero-order valence-electron chi connectivity index (χ0n) is 22.2. The summed E-state index contributed by atoms with van der Waals surface area (Å²) in [5.74, 6) is -3.93. The number of imidazole rings is 1. The number of likely N-dealkylation sites (N-methyl/N-ethyl adjacent to an activating group) is 1.